The number of amides is 1. The molecule has 0 radical (unpaired) electrons. The number of nitrogens with zero attached hydrogens (tertiary/aromatic N) is 2. The van der Waals surface area contributed by atoms with Crippen LogP contribution in [0.25, 0.3) is 11.0 Å². The lowest BCUT2D eigenvalue weighted by Crippen LogP contribution is -2.12. The van der Waals surface area contributed by atoms with Crippen LogP contribution in [0.3, 0.4) is 0 Å². The summed E-state index contributed by atoms with van der Waals surface area (Å²) in [6.45, 7) is 0. The molecule has 2 rings (SSSR count). The molecule has 2 aromatic rings. The predicted molar refractivity (Wildman–Crippen MR) is 69.9 cm³/mol. The number of ether oxygens (including phenoxy) is 1. The summed E-state index contributed by atoms with van der Waals surface area (Å²) in [7, 11) is 1.51. The van der Waals surface area contributed by atoms with Crippen LogP contribution in [0.4, 0.5) is 0 Å². The minimum absolute atomic E-state index is 0.346. The Morgan fingerprint density at radius 2 is 1.76 bits per heavy atom. The van der Waals surface area contributed by atoms with Crippen molar-refractivity contribution in [1.82, 2.24) is 9.97 Å². The van der Waals surface area contributed by atoms with Crippen LogP contribution in [0, 0.1) is 0 Å². The second-order valence-electron chi connectivity index (χ2n) is 3.55. The van der Waals surface area contributed by atoms with Gasteiger partial charge in [0, 0.05) is 12.3 Å². The molecule has 0 atom stereocenters. The average molecular weight is 293 g/mol. The number of fused-ring (bicyclic) bond motifs is 1. The van der Waals surface area contributed by atoms with Crippen LogP contribution in [0.2, 0.25) is 0 Å². The van der Waals surface area contributed by atoms with Gasteiger partial charge in [-0.05, 0) is 12.1 Å². The molecule has 0 aliphatic rings. The summed E-state index contributed by atoms with van der Waals surface area (Å²) in [6.07, 6.45) is 1.52. The number of aliphatic carboxylic acids is 2. The molecule has 110 valence electrons. The van der Waals surface area contributed by atoms with Crippen molar-refractivity contribution >= 4 is 28.9 Å². The first-order valence-electron chi connectivity index (χ1n) is 5.42. The van der Waals surface area contributed by atoms with Gasteiger partial charge in [0.25, 0.3) is 5.91 Å². The molecule has 9 heteroatoms. The largest absolute Gasteiger partial charge is 0.481 e. The highest BCUT2D eigenvalue weighted by Gasteiger charge is 2.09. The second-order valence-corrected chi connectivity index (χ2v) is 3.55. The van der Waals surface area contributed by atoms with Crippen molar-refractivity contribution in [3.63, 3.8) is 0 Å². The van der Waals surface area contributed by atoms with E-state index in [9.17, 15) is 4.79 Å². The van der Waals surface area contributed by atoms with Crippen LogP contribution in [-0.4, -0.2) is 45.1 Å². The zero-order valence-corrected chi connectivity index (χ0v) is 10.8. The maximum Gasteiger partial charge on any atom is 0.414 e. The van der Waals surface area contributed by atoms with Crippen molar-refractivity contribution in [2.24, 2.45) is 5.73 Å². The number of methoxy groups -OCH3 is 1. The maximum atomic E-state index is 11.1. The van der Waals surface area contributed by atoms with E-state index in [1.165, 1.54) is 19.4 Å². The summed E-state index contributed by atoms with van der Waals surface area (Å²) in [5, 5.41) is 14.8. The summed E-state index contributed by atoms with van der Waals surface area (Å²) < 4.78 is 4.97. The first-order valence-corrected chi connectivity index (χ1v) is 5.42. The lowest BCUT2D eigenvalue weighted by molar-refractivity contribution is -0.159. The summed E-state index contributed by atoms with van der Waals surface area (Å²) >= 11 is 0. The Morgan fingerprint density at radius 1 is 1.14 bits per heavy atom. The minimum atomic E-state index is -1.82. The summed E-state index contributed by atoms with van der Waals surface area (Å²) in [5.41, 5.74) is 6.65. The van der Waals surface area contributed by atoms with Crippen LogP contribution in [-0.2, 0) is 9.59 Å². The molecule has 0 bridgehead atoms. The number of nitrogens with two attached hydrogens (primary N) is 1. The highest BCUT2D eigenvalue weighted by Crippen LogP contribution is 2.17. The molecule has 4 N–H and O–H groups in total. The Bertz CT molecular complexity index is 688. The molecule has 1 amide bonds. The van der Waals surface area contributed by atoms with E-state index in [1.807, 2.05) is 0 Å². The number of primary amides is 1. The van der Waals surface area contributed by atoms with Gasteiger partial charge < -0.3 is 20.7 Å². The lowest BCUT2D eigenvalue weighted by Gasteiger charge is -2.03. The van der Waals surface area contributed by atoms with E-state index in [4.69, 9.17) is 30.3 Å². The number of carbonyl (C=O) groups is 3. The standard InChI is InChI=1S/C10H9N3O2.C2H2O4/c1-15-8-3-2-7-9(13-8)6(10(11)14)4-5-12-7;3-1(4)2(5)6/h2-5H,1H3,(H2,11,14);(H,3,4)(H,5,6). The summed E-state index contributed by atoms with van der Waals surface area (Å²) in [6, 6.07) is 4.95. The van der Waals surface area contributed by atoms with Gasteiger partial charge in [-0.3, -0.25) is 9.78 Å². The SMILES string of the molecule is COc1ccc2nccc(C(N)=O)c2n1.O=C(O)C(=O)O. The van der Waals surface area contributed by atoms with Gasteiger partial charge in [-0.1, -0.05) is 0 Å². The molecule has 0 aromatic carbocycles. The molecular weight excluding hydrogens is 282 g/mol. The third-order valence-corrected chi connectivity index (χ3v) is 2.22. The number of carbonyl (C=O) groups excluding carboxylic acids is 1. The first kappa shape index (κ1) is 15.8. The smallest absolute Gasteiger partial charge is 0.414 e. The molecule has 9 nitrogen and oxygen atoms in total. The monoisotopic (exact) mass is 293 g/mol. The van der Waals surface area contributed by atoms with E-state index in [2.05, 4.69) is 9.97 Å². The van der Waals surface area contributed by atoms with Gasteiger partial charge in [0.05, 0.1) is 18.2 Å². The van der Waals surface area contributed by atoms with Crippen molar-refractivity contribution < 1.29 is 29.3 Å². The third-order valence-electron chi connectivity index (χ3n) is 2.22. The molecule has 21 heavy (non-hydrogen) atoms. The number of hydrogen-bond donors (Lipinski definition) is 3. The molecule has 0 unspecified atom stereocenters. The Labute approximate surface area is 118 Å². The van der Waals surface area contributed by atoms with Crippen molar-refractivity contribution in [3.05, 3.63) is 30.0 Å². The predicted octanol–water partition coefficient (Wildman–Crippen LogP) is -0.107. The van der Waals surface area contributed by atoms with Gasteiger partial charge in [0.1, 0.15) is 5.52 Å². The number of hydrogen-bond acceptors (Lipinski definition) is 6. The van der Waals surface area contributed by atoms with Gasteiger partial charge >= 0.3 is 11.9 Å². The Kier molecular flexibility index (Phi) is 5.12. The van der Waals surface area contributed by atoms with Crippen LogP contribution in [0.15, 0.2) is 24.4 Å². The van der Waals surface area contributed by atoms with E-state index < -0.39 is 17.8 Å². The zero-order chi connectivity index (χ0) is 16.0. The molecule has 0 aliphatic carbocycles. The third kappa shape index (κ3) is 4.13. The van der Waals surface area contributed by atoms with E-state index in [1.54, 1.807) is 12.1 Å². The van der Waals surface area contributed by atoms with E-state index >= 15 is 0 Å². The summed E-state index contributed by atoms with van der Waals surface area (Å²) in [5.74, 6) is -3.74. The topological polar surface area (TPSA) is 153 Å². The molecular formula is C12H11N3O6. The highest BCUT2D eigenvalue weighted by molar-refractivity contribution is 6.27. The fourth-order valence-electron chi connectivity index (χ4n) is 1.32. The molecule has 0 fully saturated rings. The Hall–Kier alpha value is -3.23. The average Bonchev–Trinajstić information content (AvgIpc) is 2.46. The number of rotatable bonds is 2. The van der Waals surface area contributed by atoms with Crippen molar-refractivity contribution in [3.8, 4) is 5.88 Å². The fraction of sp³-hybridized carbons (Fsp3) is 0.0833. The zero-order valence-electron chi connectivity index (χ0n) is 10.8. The molecule has 0 aliphatic heterocycles. The highest BCUT2D eigenvalue weighted by atomic mass is 16.5. The van der Waals surface area contributed by atoms with E-state index in [0.29, 0.717) is 22.5 Å². The lowest BCUT2D eigenvalue weighted by atomic mass is 10.2. The number of aromatic nitrogens is 2. The van der Waals surface area contributed by atoms with E-state index in [-0.39, 0.29) is 0 Å². The van der Waals surface area contributed by atoms with Gasteiger partial charge in [0.2, 0.25) is 5.88 Å². The quantitative estimate of drug-likeness (QED) is 0.648. The van der Waals surface area contributed by atoms with Crippen molar-refractivity contribution in [2.75, 3.05) is 7.11 Å². The number of carboxylic acids is 2. The normalized spacial score (nSPS) is 9.38. The first-order chi connectivity index (χ1) is 9.86. The van der Waals surface area contributed by atoms with Crippen molar-refractivity contribution in [1.29, 1.82) is 0 Å². The van der Waals surface area contributed by atoms with Gasteiger partial charge in [-0.2, -0.15) is 0 Å². The van der Waals surface area contributed by atoms with Gasteiger partial charge in [-0.15, -0.1) is 0 Å². The van der Waals surface area contributed by atoms with Gasteiger partial charge in [0.15, 0.2) is 0 Å². The number of carboxylic acid groups (broad SMARTS) is 2. The summed E-state index contributed by atoms with van der Waals surface area (Å²) in [4.78, 5) is 37.5. The van der Waals surface area contributed by atoms with Crippen molar-refractivity contribution in [2.45, 2.75) is 0 Å². The minimum Gasteiger partial charge on any atom is -0.481 e. The maximum absolute atomic E-state index is 11.1. The second kappa shape index (κ2) is 6.80. The Morgan fingerprint density at radius 3 is 2.24 bits per heavy atom. The molecule has 0 saturated heterocycles. The molecule has 2 heterocycles. The molecule has 0 saturated carbocycles. The van der Waals surface area contributed by atoms with E-state index in [0.717, 1.165) is 0 Å². The van der Waals surface area contributed by atoms with Crippen LogP contribution in [0.5, 0.6) is 5.88 Å². The van der Waals surface area contributed by atoms with Crippen LogP contribution >= 0.6 is 0 Å². The number of pyridine rings is 2. The van der Waals surface area contributed by atoms with Crippen LogP contribution in [0.1, 0.15) is 10.4 Å². The fourth-order valence-corrected chi connectivity index (χ4v) is 1.32. The Balaban J connectivity index is 0.000000315. The molecule has 2 aromatic heterocycles. The van der Waals surface area contributed by atoms with Crippen LogP contribution < -0.4 is 10.5 Å². The van der Waals surface area contributed by atoms with Gasteiger partial charge in [-0.25, -0.2) is 14.6 Å². The molecule has 0 spiro atoms.